The van der Waals surface area contributed by atoms with Crippen molar-refractivity contribution in [1.29, 1.82) is 0 Å². The molecule has 0 unspecified atom stereocenters. The lowest BCUT2D eigenvalue weighted by Gasteiger charge is -2.31. The van der Waals surface area contributed by atoms with Crippen LogP contribution in [0.25, 0.3) is 0 Å². The van der Waals surface area contributed by atoms with Gasteiger partial charge in [-0.15, -0.1) is 0 Å². The predicted octanol–water partition coefficient (Wildman–Crippen LogP) is 7.05. The molecule has 5 rings (SSSR count). The van der Waals surface area contributed by atoms with Crippen LogP contribution in [0.4, 0.5) is 10.1 Å². The van der Waals surface area contributed by atoms with E-state index in [4.69, 9.17) is 9.47 Å². The average Bonchev–Trinajstić information content (AvgIpc) is 2.96. The van der Waals surface area contributed by atoms with E-state index in [-0.39, 0.29) is 35.5 Å². The van der Waals surface area contributed by atoms with Gasteiger partial charge in [0.15, 0.2) is 0 Å². The van der Waals surface area contributed by atoms with Gasteiger partial charge in [-0.25, -0.2) is 13.5 Å². The molecule has 1 fully saturated rings. The topological polar surface area (TPSA) is 88.1 Å². The second-order valence-corrected chi connectivity index (χ2v) is 10.8. The van der Waals surface area contributed by atoms with Crippen molar-refractivity contribution in [1.82, 2.24) is 4.31 Å². The zero-order valence-electron chi connectivity index (χ0n) is 22.2. The van der Waals surface area contributed by atoms with Crippen LogP contribution in [-0.2, 0) is 11.2 Å². The zero-order valence-corrected chi connectivity index (χ0v) is 23.0. The van der Waals surface area contributed by atoms with Crippen molar-refractivity contribution in [3.05, 3.63) is 114 Å². The molecule has 1 heterocycles. The molecule has 0 aliphatic carbocycles. The Hall–Kier alpha value is -4.34. The summed E-state index contributed by atoms with van der Waals surface area (Å²) >= 11 is 1.58. The fraction of sp³-hybridized carbons (Fsp3) is 0.188. The number of carboxylic acid groups (broad SMARTS) is 1. The Balaban J connectivity index is 1.07. The summed E-state index contributed by atoms with van der Waals surface area (Å²) in [6.45, 7) is 1.72. The van der Waals surface area contributed by atoms with Crippen molar-refractivity contribution in [2.75, 3.05) is 18.4 Å². The largest absolute Gasteiger partial charge is 0.490 e. The highest BCUT2D eigenvalue weighted by Gasteiger charge is 2.21. The SMILES string of the molecule is O=C(Cc1ccc(Oc2ccc(OC3CCN(Sc4cccc(F)c4)CC3)cc2)cc1)Nc1ccccc1C(=O)O. The van der Waals surface area contributed by atoms with Crippen LogP contribution < -0.4 is 14.8 Å². The summed E-state index contributed by atoms with van der Waals surface area (Å²) < 4.78 is 27.8. The zero-order chi connectivity index (χ0) is 28.6. The van der Waals surface area contributed by atoms with Gasteiger partial charge in [-0.05, 0) is 97.1 Å². The summed E-state index contributed by atoms with van der Waals surface area (Å²) in [5, 5.41) is 11.9. The number of halogens is 1. The van der Waals surface area contributed by atoms with Gasteiger partial charge < -0.3 is 19.9 Å². The van der Waals surface area contributed by atoms with Crippen molar-refractivity contribution in [2.45, 2.75) is 30.3 Å². The molecule has 1 amide bonds. The van der Waals surface area contributed by atoms with Crippen LogP contribution in [0.2, 0.25) is 0 Å². The number of para-hydroxylation sites is 1. The minimum absolute atomic E-state index is 0.0446. The number of hydrogen-bond acceptors (Lipinski definition) is 6. The number of anilines is 1. The van der Waals surface area contributed by atoms with E-state index < -0.39 is 5.97 Å². The smallest absolute Gasteiger partial charge is 0.337 e. The number of piperidine rings is 1. The summed E-state index contributed by atoms with van der Waals surface area (Å²) in [4.78, 5) is 24.7. The van der Waals surface area contributed by atoms with Crippen LogP contribution in [0.3, 0.4) is 0 Å². The molecule has 0 bridgehead atoms. The number of hydrogen-bond donors (Lipinski definition) is 2. The first-order chi connectivity index (χ1) is 19.9. The second kappa shape index (κ2) is 13.3. The molecule has 2 N–H and O–H groups in total. The Bertz CT molecular complexity index is 1490. The highest BCUT2D eigenvalue weighted by Crippen LogP contribution is 2.29. The molecular formula is C32H29FN2O5S. The molecule has 1 aliphatic rings. The Morgan fingerprint density at radius 1 is 0.878 bits per heavy atom. The van der Waals surface area contributed by atoms with Gasteiger partial charge in [0.1, 0.15) is 29.2 Å². The van der Waals surface area contributed by atoms with E-state index in [0.29, 0.717) is 11.5 Å². The Morgan fingerprint density at radius 2 is 1.54 bits per heavy atom. The van der Waals surface area contributed by atoms with Crippen molar-refractivity contribution < 1.29 is 28.6 Å². The van der Waals surface area contributed by atoms with Gasteiger partial charge in [-0.2, -0.15) is 0 Å². The molecule has 7 nitrogen and oxygen atoms in total. The second-order valence-electron chi connectivity index (χ2n) is 9.59. The maximum atomic E-state index is 13.4. The molecule has 1 saturated heterocycles. The monoisotopic (exact) mass is 572 g/mol. The highest BCUT2D eigenvalue weighted by molar-refractivity contribution is 7.97. The van der Waals surface area contributed by atoms with E-state index in [1.165, 1.54) is 12.1 Å². The van der Waals surface area contributed by atoms with Crippen molar-refractivity contribution in [3.63, 3.8) is 0 Å². The van der Waals surface area contributed by atoms with E-state index in [0.717, 1.165) is 42.1 Å². The van der Waals surface area contributed by atoms with Crippen molar-refractivity contribution in [3.8, 4) is 17.2 Å². The number of nitrogens with one attached hydrogen (secondary N) is 1. The molecule has 4 aromatic carbocycles. The van der Waals surface area contributed by atoms with E-state index in [9.17, 15) is 19.1 Å². The lowest BCUT2D eigenvalue weighted by molar-refractivity contribution is -0.115. The normalized spacial score (nSPS) is 13.9. The summed E-state index contributed by atoms with van der Waals surface area (Å²) in [6.07, 6.45) is 1.99. The van der Waals surface area contributed by atoms with Gasteiger partial charge in [-0.1, -0.05) is 30.3 Å². The third kappa shape index (κ3) is 8.09. The number of nitrogens with zero attached hydrogens (tertiary/aromatic N) is 1. The summed E-state index contributed by atoms with van der Waals surface area (Å²) in [5.74, 6) is 0.441. The predicted molar refractivity (Wildman–Crippen MR) is 156 cm³/mol. The van der Waals surface area contributed by atoms with Crippen LogP contribution in [0.1, 0.15) is 28.8 Å². The number of amides is 1. The summed E-state index contributed by atoms with van der Waals surface area (Å²) in [5.41, 5.74) is 1.08. The van der Waals surface area contributed by atoms with Crippen LogP contribution in [0, 0.1) is 5.82 Å². The molecule has 0 radical (unpaired) electrons. The number of ether oxygens (including phenoxy) is 2. The first-order valence-corrected chi connectivity index (χ1v) is 14.0. The number of rotatable bonds is 10. The van der Waals surface area contributed by atoms with Gasteiger partial charge in [0.05, 0.1) is 17.7 Å². The average molecular weight is 573 g/mol. The Labute approximate surface area is 242 Å². The summed E-state index contributed by atoms with van der Waals surface area (Å²) in [6, 6.07) is 27.6. The van der Waals surface area contributed by atoms with Gasteiger partial charge in [0.25, 0.3) is 0 Å². The fourth-order valence-corrected chi connectivity index (χ4v) is 5.46. The van der Waals surface area contributed by atoms with Gasteiger partial charge >= 0.3 is 5.97 Å². The number of carboxylic acids is 1. The Kier molecular flexibility index (Phi) is 9.18. The molecule has 9 heteroatoms. The number of carbonyl (C=O) groups is 2. The molecule has 4 aromatic rings. The molecule has 0 saturated carbocycles. The van der Waals surface area contributed by atoms with Gasteiger partial charge in [0, 0.05) is 18.0 Å². The standard InChI is InChI=1S/C32H29FN2O5S/c33-23-4-3-5-28(21-23)41-35-18-16-27(17-19-35)40-26-14-12-25(13-15-26)39-24-10-8-22(9-11-24)20-31(36)34-30-7-2-1-6-29(30)32(37)38/h1-15,21,27H,16-20H2,(H,34,36)(H,37,38). The van der Waals surface area contributed by atoms with E-state index >= 15 is 0 Å². The molecule has 210 valence electrons. The fourth-order valence-electron chi connectivity index (χ4n) is 4.46. The Morgan fingerprint density at radius 3 is 2.22 bits per heavy atom. The molecule has 0 aromatic heterocycles. The highest BCUT2D eigenvalue weighted by atomic mass is 32.2. The number of aromatic carboxylic acids is 1. The van der Waals surface area contributed by atoms with Crippen molar-refractivity contribution >= 4 is 29.5 Å². The lowest BCUT2D eigenvalue weighted by atomic mass is 10.1. The van der Waals surface area contributed by atoms with Crippen LogP contribution in [0.5, 0.6) is 17.2 Å². The van der Waals surface area contributed by atoms with Gasteiger partial charge in [0.2, 0.25) is 5.91 Å². The van der Waals surface area contributed by atoms with Crippen LogP contribution >= 0.6 is 11.9 Å². The molecule has 0 atom stereocenters. The molecule has 1 aliphatic heterocycles. The quantitative estimate of drug-likeness (QED) is 0.197. The minimum Gasteiger partial charge on any atom is -0.490 e. The van der Waals surface area contributed by atoms with Crippen LogP contribution in [0.15, 0.2) is 102 Å². The van der Waals surface area contributed by atoms with Gasteiger partial charge in [-0.3, -0.25) is 4.79 Å². The van der Waals surface area contributed by atoms with E-state index in [1.54, 1.807) is 66.5 Å². The first kappa shape index (κ1) is 28.2. The molecular weight excluding hydrogens is 543 g/mol. The van der Waals surface area contributed by atoms with E-state index in [2.05, 4.69) is 9.62 Å². The third-order valence-electron chi connectivity index (χ3n) is 6.51. The maximum Gasteiger partial charge on any atom is 0.337 e. The molecule has 0 spiro atoms. The maximum absolute atomic E-state index is 13.4. The minimum atomic E-state index is -1.10. The lowest BCUT2D eigenvalue weighted by Crippen LogP contribution is -2.34. The number of carbonyl (C=O) groups excluding carboxylic acids is 1. The van der Waals surface area contributed by atoms with Crippen molar-refractivity contribution in [2.24, 2.45) is 0 Å². The summed E-state index contributed by atoms with van der Waals surface area (Å²) in [7, 11) is 0. The molecule has 41 heavy (non-hydrogen) atoms. The van der Waals surface area contributed by atoms with Crippen LogP contribution in [-0.4, -0.2) is 40.5 Å². The third-order valence-corrected chi connectivity index (χ3v) is 7.60. The van der Waals surface area contributed by atoms with E-state index in [1.807, 2.05) is 30.3 Å². The number of benzene rings is 4. The first-order valence-electron chi connectivity index (χ1n) is 13.3.